The fraction of sp³-hybridized carbons (Fsp3) is 0.250. The zero-order chi connectivity index (χ0) is 13.1. The van der Waals surface area contributed by atoms with Gasteiger partial charge in [0.1, 0.15) is 5.82 Å². The molecule has 0 saturated carbocycles. The summed E-state index contributed by atoms with van der Waals surface area (Å²) in [6, 6.07) is 2.08. The van der Waals surface area contributed by atoms with Crippen molar-refractivity contribution in [1.29, 1.82) is 0 Å². The first-order chi connectivity index (χ1) is 8.67. The molecule has 3 N–H and O–H groups in total. The molecule has 18 heavy (non-hydrogen) atoms. The normalized spacial score (nSPS) is 10.7. The van der Waals surface area contributed by atoms with E-state index in [1.165, 1.54) is 13.4 Å². The Hall–Kier alpha value is -1.95. The number of H-pyrrole nitrogens is 1. The number of benzene rings is 1. The van der Waals surface area contributed by atoms with Crippen LogP contribution in [0.25, 0.3) is 11.3 Å². The predicted octanol–water partition coefficient (Wildman–Crippen LogP) is 1.86. The minimum atomic E-state index is -0.629. The van der Waals surface area contributed by atoms with Crippen LogP contribution in [0.15, 0.2) is 18.5 Å². The summed E-state index contributed by atoms with van der Waals surface area (Å²) in [5, 5.41) is 0. The SMILES string of the molecule is COc1cc(F)c(-c2nc[nH]c2CCN)cc1F. The van der Waals surface area contributed by atoms with Gasteiger partial charge in [0.2, 0.25) is 0 Å². The Morgan fingerprint density at radius 2 is 2.11 bits per heavy atom. The van der Waals surface area contributed by atoms with Crippen molar-refractivity contribution in [2.75, 3.05) is 13.7 Å². The maximum absolute atomic E-state index is 13.9. The molecule has 0 radical (unpaired) electrons. The molecular formula is C12H13F2N3O. The van der Waals surface area contributed by atoms with Crippen LogP contribution in [0.4, 0.5) is 8.78 Å². The summed E-state index contributed by atoms with van der Waals surface area (Å²) in [4.78, 5) is 6.87. The fourth-order valence-electron chi connectivity index (χ4n) is 1.75. The van der Waals surface area contributed by atoms with Crippen molar-refractivity contribution in [3.63, 3.8) is 0 Å². The Balaban J connectivity index is 2.50. The van der Waals surface area contributed by atoms with Crippen LogP contribution in [0.1, 0.15) is 5.69 Å². The summed E-state index contributed by atoms with van der Waals surface area (Å²) in [5.41, 5.74) is 6.60. The summed E-state index contributed by atoms with van der Waals surface area (Å²) >= 11 is 0. The number of imidazole rings is 1. The number of aromatic amines is 1. The van der Waals surface area contributed by atoms with Gasteiger partial charge in [-0.2, -0.15) is 0 Å². The lowest BCUT2D eigenvalue weighted by atomic mass is 10.1. The molecule has 4 nitrogen and oxygen atoms in total. The fourth-order valence-corrected chi connectivity index (χ4v) is 1.75. The number of hydrogen-bond acceptors (Lipinski definition) is 3. The van der Waals surface area contributed by atoms with Crippen molar-refractivity contribution < 1.29 is 13.5 Å². The molecule has 2 rings (SSSR count). The first-order valence-electron chi connectivity index (χ1n) is 5.43. The van der Waals surface area contributed by atoms with Gasteiger partial charge in [0.15, 0.2) is 11.6 Å². The lowest BCUT2D eigenvalue weighted by Crippen LogP contribution is -2.04. The molecule has 1 aromatic heterocycles. The van der Waals surface area contributed by atoms with Crippen molar-refractivity contribution >= 4 is 0 Å². The second-order valence-electron chi connectivity index (χ2n) is 3.73. The monoisotopic (exact) mass is 253 g/mol. The Morgan fingerprint density at radius 1 is 1.33 bits per heavy atom. The molecule has 0 spiro atoms. The molecule has 0 amide bonds. The molecule has 0 bridgehead atoms. The van der Waals surface area contributed by atoms with Crippen molar-refractivity contribution in [1.82, 2.24) is 9.97 Å². The first-order valence-corrected chi connectivity index (χ1v) is 5.43. The minimum Gasteiger partial charge on any atom is -0.494 e. The summed E-state index contributed by atoms with van der Waals surface area (Å²) < 4.78 is 32.2. The largest absolute Gasteiger partial charge is 0.494 e. The zero-order valence-corrected chi connectivity index (χ0v) is 9.84. The molecule has 0 atom stereocenters. The van der Waals surface area contributed by atoms with Gasteiger partial charge in [-0.05, 0) is 12.6 Å². The maximum atomic E-state index is 13.9. The third-order valence-corrected chi connectivity index (χ3v) is 2.61. The van der Waals surface area contributed by atoms with Crippen LogP contribution in [-0.2, 0) is 6.42 Å². The number of ether oxygens (including phenoxy) is 1. The standard InChI is InChI=1S/C12H13F2N3O/c1-18-11-5-8(13)7(4-9(11)14)12-10(2-3-15)16-6-17-12/h4-6H,2-3,15H2,1H3,(H,16,17). The second-order valence-corrected chi connectivity index (χ2v) is 3.73. The van der Waals surface area contributed by atoms with Crippen LogP contribution in [0.2, 0.25) is 0 Å². The third-order valence-electron chi connectivity index (χ3n) is 2.61. The van der Waals surface area contributed by atoms with Gasteiger partial charge < -0.3 is 15.5 Å². The zero-order valence-electron chi connectivity index (χ0n) is 9.84. The summed E-state index contributed by atoms with van der Waals surface area (Å²) in [6.07, 6.45) is 1.95. The molecule has 6 heteroatoms. The maximum Gasteiger partial charge on any atom is 0.165 e. The Labute approximate surface area is 103 Å². The van der Waals surface area contributed by atoms with Crippen LogP contribution >= 0.6 is 0 Å². The quantitative estimate of drug-likeness (QED) is 0.874. The first kappa shape index (κ1) is 12.5. The van der Waals surface area contributed by atoms with Gasteiger partial charge in [-0.3, -0.25) is 0 Å². The Kier molecular flexibility index (Phi) is 3.57. The van der Waals surface area contributed by atoms with E-state index in [4.69, 9.17) is 10.5 Å². The second kappa shape index (κ2) is 5.14. The molecule has 96 valence electrons. The summed E-state index contributed by atoms with van der Waals surface area (Å²) in [5.74, 6) is -1.35. The topological polar surface area (TPSA) is 63.9 Å². The van der Waals surface area contributed by atoms with Crippen LogP contribution in [0, 0.1) is 11.6 Å². The van der Waals surface area contributed by atoms with E-state index in [1.807, 2.05) is 0 Å². The molecular weight excluding hydrogens is 240 g/mol. The number of nitrogens with two attached hydrogens (primary N) is 1. The minimum absolute atomic E-state index is 0.0954. The van der Waals surface area contributed by atoms with Gasteiger partial charge in [0, 0.05) is 23.7 Å². The van der Waals surface area contributed by atoms with Crippen molar-refractivity contribution in [3.8, 4) is 17.0 Å². The number of rotatable bonds is 4. The number of aromatic nitrogens is 2. The van der Waals surface area contributed by atoms with Gasteiger partial charge in [-0.1, -0.05) is 0 Å². The number of nitrogens with zero attached hydrogens (tertiary/aromatic N) is 1. The molecule has 0 aliphatic carbocycles. The van der Waals surface area contributed by atoms with Gasteiger partial charge in [0.25, 0.3) is 0 Å². The third kappa shape index (κ3) is 2.19. The van der Waals surface area contributed by atoms with Gasteiger partial charge in [-0.25, -0.2) is 13.8 Å². The lowest BCUT2D eigenvalue weighted by molar-refractivity contribution is 0.383. The molecule has 1 aromatic carbocycles. The van der Waals surface area contributed by atoms with Crippen molar-refractivity contribution in [3.05, 3.63) is 35.8 Å². The predicted molar refractivity (Wildman–Crippen MR) is 63.3 cm³/mol. The van der Waals surface area contributed by atoms with Crippen molar-refractivity contribution in [2.24, 2.45) is 5.73 Å². The van der Waals surface area contributed by atoms with Gasteiger partial charge in [-0.15, -0.1) is 0 Å². The van der Waals surface area contributed by atoms with E-state index in [9.17, 15) is 8.78 Å². The molecule has 0 aliphatic rings. The molecule has 0 fully saturated rings. The van der Waals surface area contributed by atoms with E-state index < -0.39 is 11.6 Å². The van der Waals surface area contributed by atoms with Crippen molar-refractivity contribution in [2.45, 2.75) is 6.42 Å². The van der Waals surface area contributed by atoms with E-state index in [1.54, 1.807) is 0 Å². The molecule has 1 heterocycles. The highest BCUT2D eigenvalue weighted by Crippen LogP contribution is 2.29. The molecule has 0 aliphatic heterocycles. The Morgan fingerprint density at radius 3 is 2.78 bits per heavy atom. The molecule has 2 aromatic rings. The highest BCUT2D eigenvalue weighted by Gasteiger charge is 2.16. The van der Waals surface area contributed by atoms with E-state index in [0.29, 0.717) is 24.4 Å². The highest BCUT2D eigenvalue weighted by atomic mass is 19.1. The number of methoxy groups -OCH3 is 1. The van der Waals surface area contributed by atoms with Gasteiger partial charge >= 0.3 is 0 Å². The Bertz CT molecular complexity index is 554. The van der Waals surface area contributed by atoms with Gasteiger partial charge in [0.05, 0.1) is 19.1 Å². The molecule has 0 saturated heterocycles. The number of nitrogens with one attached hydrogen (secondary N) is 1. The average molecular weight is 253 g/mol. The van der Waals surface area contributed by atoms with Crippen LogP contribution in [0.5, 0.6) is 5.75 Å². The van der Waals surface area contributed by atoms with Crippen LogP contribution in [0.3, 0.4) is 0 Å². The van der Waals surface area contributed by atoms with E-state index in [0.717, 1.165) is 12.1 Å². The lowest BCUT2D eigenvalue weighted by Gasteiger charge is -2.07. The van der Waals surface area contributed by atoms with Crippen LogP contribution in [-0.4, -0.2) is 23.6 Å². The van der Waals surface area contributed by atoms with E-state index in [2.05, 4.69) is 9.97 Å². The average Bonchev–Trinajstić information content (AvgIpc) is 2.80. The molecule has 0 unspecified atom stereocenters. The summed E-state index contributed by atoms with van der Waals surface area (Å²) in [7, 11) is 1.28. The number of hydrogen-bond donors (Lipinski definition) is 2. The highest BCUT2D eigenvalue weighted by molar-refractivity contribution is 5.63. The smallest absolute Gasteiger partial charge is 0.165 e. The van der Waals surface area contributed by atoms with E-state index in [-0.39, 0.29) is 11.3 Å². The van der Waals surface area contributed by atoms with E-state index >= 15 is 0 Å². The summed E-state index contributed by atoms with van der Waals surface area (Å²) in [6.45, 7) is 0.398. The number of halogens is 2. The van der Waals surface area contributed by atoms with Crippen LogP contribution < -0.4 is 10.5 Å².